The minimum atomic E-state index is -1.65. The standard InChI is InChI=1S/C34H29Cl2N3O8/c1-46-18-6-3-16(4-7-18)34-24(31(42)38(33(34)44)37-26-11-5-17(35)13-25(26)36)15-22-20(9-10-21-28(22)32(43)39(45)30(21)41)29(34)23-14-19(47-2)8-12-27(23)40/h3-9,11-14,21-22,24,28-29,37,40,45H,10,15H2,1-2H3/t21-,22+,24-,28-,29+,34+/m0/s1. The van der Waals surface area contributed by atoms with Gasteiger partial charge in [0.25, 0.3) is 23.6 Å². The molecule has 3 aromatic rings. The van der Waals surface area contributed by atoms with Gasteiger partial charge in [0.1, 0.15) is 17.2 Å². The molecule has 2 heterocycles. The molecule has 2 aliphatic carbocycles. The number of fused-ring (bicyclic) bond motifs is 4. The van der Waals surface area contributed by atoms with Gasteiger partial charge >= 0.3 is 0 Å². The van der Waals surface area contributed by atoms with E-state index in [9.17, 15) is 24.7 Å². The molecule has 4 amide bonds. The van der Waals surface area contributed by atoms with Gasteiger partial charge < -0.3 is 14.6 Å². The van der Waals surface area contributed by atoms with Crippen LogP contribution in [0.1, 0.15) is 29.9 Å². The number of nitrogens with one attached hydrogen (secondary N) is 1. The molecular weight excluding hydrogens is 649 g/mol. The fourth-order valence-electron chi connectivity index (χ4n) is 8.06. The van der Waals surface area contributed by atoms with Gasteiger partial charge in [-0.05, 0) is 72.9 Å². The van der Waals surface area contributed by atoms with Gasteiger partial charge in [-0.1, -0.05) is 47.0 Å². The third-order valence-electron chi connectivity index (χ3n) is 10.1. The topological polar surface area (TPSA) is 146 Å². The zero-order chi connectivity index (χ0) is 33.4. The second kappa shape index (κ2) is 11.3. The molecule has 11 nitrogen and oxygen atoms in total. The number of hydrogen-bond donors (Lipinski definition) is 3. The Morgan fingerprint density at radius 3 is 2.26 bits per heavy atom. The lowest BCUT2D eigenvalue weighted by atomic mass is 9.49. The number of nitrogens with zero attached hydrogens (tertiary/aromatic N) is 2. The van der Waals surface area contributed by atoms with Gasteiger partial charge in [-0.2, -0.15) is 10.1 Å². The number of methoxy groups -OCH3 is 2. The van der Waals surface area contributed by atoms with Gasteiger partial charge in [-0.15, -0.1) is 0 Å². The third-order valence-corrected chi connectivity index (χ3v) is 10.7. The van der Waals surface area contributed by atoms with Gasteiger partial charge in [0, 0.05) is 16.5 Å². The molecule has 0 spiro atoms. The van der Waals surface area contributed by atoms with Crippen LogP contribution in [0.5, 0.6) is 17.2 Å². The molecule has 242 valence electrons. The summed E-state index contributed by atoms with van der Waals surface area (Å²) in [6.07, 6.45) is 1.93. The Bertz CT molecular complexity index is 1880. The molecule has 2 saturated heterocycles. The summed E-state index contributed by atoms with van der Waals surface area (Å²) >= 11 is 12.6. The van der Waals surface area contributed by atoms with E-state index in [0.29, 0.717) is 33.2 Å². The lowest BCUT2D eigenvalue weighted by molar-refractivity contribution is -0.173. The molecule has 47 heavy (non-hydrogen) atoms. The first-order valence-corrected chi connectivity index (χ1v) is 15.7. The molecule has 4 aliphatic rings. The average molecular weight is 679 g/mol. The highest BCUT2D eigenvalue weighted by atomic mass is 35.5. The monoisotopic (exact) mass is 677 g/mol. The maximum absolute atomic E-state index is 15.2. The van der Waals surface area contributed by atoms with Gasteiger partial charge in [0.2, 0.25) is 0 Å². The molecule has 13 heteroatoms. The van der Waals surface area contributed by atoms with Gasteiger partial charge in [-0.3, -0.25) is 29.8 Å². The van der Waals surface area contributed by atoms with E-state index in [1.165, 1.54) is 26.4 Å². The van der Waals surface area contributed by atoms with Crippen LogP contribution in [-0.4, -0.2) is 58.2 Å². The number of allylic oxidation sites excluding steroid dienone is 2. The van der Waals surface area contributed by atoms with Crippen molar-refractivity contribution < 1.29 is 39.0 Å². The number of aromatic hydroxyl groups is 1. The number of phenolic OH excluding ortho intramolecular Hbond substituents is 1. The maximum Gasteiger partial charge on any atom is 0.260 e. The van der Waals surface area contributed by atoms with Crippen LogP contribution < -0.4 is 14.9 Å². The lowest BCUT2D eigenvalue weighted by Gasteiger charge is -2.50. The Hall–Kier alpha value is -4.58. The highest BCUT2D eigenvalue weighted by Crippen LogP contribution is 2.65. The fourth-order valence-corrected chi connectivity index (χ4v) is 8.51. The Balaban J connectivity index is 1.50. The highest BCUT2D eigenvalue weighted by molar-refractivity contribution is 6.36. The fraction of sp³-hybridized carbons (Fsp3) is 0.294. The van der Waals surface area contributed by atoms with Gasteiger partial charge in [0.15, 0.2) is 0 Å². The molecule has 0 aromatic heterocycles. The summed E-state index contributed by atoms with van der Waals surface area (Å²) in [5.74, 6) is -6.53. The second-order valence-corrected chi connectivity index (χ2v) is 13.0. The smallest absolute Gasteiger partial charge is 0.260 e. The maximum atomic E-state index is 15.2. The number of ether oxygens (including phenoxy) is 2. The summed E-state index contributed by atoms with van der Waals surface area (Å²) < 4.78 is 10.9. The van der Waals surface area contributed by atoms with Gasteiger partial charge in [-0.25, -0.2) is 0 Å². The van der Waals surface area contributed by atoms with Crippen molar-refractivity contribution in [3.05, 3.63) is 93.5 Å². The zero-order valence-corrected chi connectivity index (χ0v) is 26.7. The minimum Gasteiger partial charge on any atom is -0.508 e. The van der Waals surface area contributed by atoms with Crippen molar-refractivity contribution >= 4 is 52.5 Å². The summed E-state index contributed by atoms with van der Waals surface area (Å²) in [7, 11) is 2.98. The van der Waals surface area contributed by atoms with Crippen LogP contribution in [0.2, 0.25) is 10.0 Å². The van der Waals surface area contributed by atoms with Crippen LogP contribution in [-0.2, 0) is 24.6 Å². The number of carbonyl (C=O) groups is 4. The van der Waals surface area contributed by atoms with Crippen molar-refractivity contribution in [2.75, 3.05) is 19.6 Å². The molecule has 0 unspecified atom stereocenters. The first kappa shape index (κ1) is 31.0. The molecule has 3 N–H and O–H groups in total. The number of rotatable bonds is 6. The summed E-state index contributed by atoms with van der Waals surface area (Å²) in [6.45, 7) is 0. The van der Waals surface area contributed by atoms with Gasteiger partial charge in [0.05, 0.1) is 48.1 Å². The van der Waals surface area contributed by atoms with E-state index in [1.54, 1.807) is 48.5 Å². The largest absolute Gasteiger partial charge is 0.508 e. The van der Waals surface area contributed by atoms with E-state index in [1.807, 2.05) is 6.08 Å². The number of amides is 4. The third kappa shape index (κ3) is 4.44. The van der Waals surface area contributed by atoms with E-state index >= 15 is 4.79 Å². The molecular formula is C34H29Cl2N3O8. The molecule has 6 atom stereocenters. The van der Waals surface area contributed by atoms with Crippen molar-refractivity contribution in [3.63, 3.8) is 0 Å². The number of hydroxylamine groups is 2. The molecule has 7 rings (SSSR count). The van der Waals surface area contributed by atoms with Crippen molar-refractivity contribution in [2.24, 2.45) is 23.7 Å². The predicted octanol–water partition coefficient (Wildman–Crippen LogP) is 5.09. The normalized spacial score (nSPS) is 28.1. The van der Waals surface area contributed by atoms with Crippen LogP contribution >= 0.6 is 23.2 Å². The number of carbonyl (C=O) groups excluding carboxylic acids is 4. The molecule has 3 fully saturated rings. The molecule has 3 aromatic carbocycles. The lowest BCUT2D eigenvalue weighted by Crippen LogP contribution is -2.53. The number of phenols is 1. The number of anilines is 1. The van der Waals surface area contributed by atoms with E-state index in [2.05, 4.69) is 5.43 Å². The van der Waals surface area contributed by atoms with Crippen molar-refractivity contribution in [2.45, 2.75) is 24.2 Å². The first-order valence-electron chi connectivity index (χ1n) is 14.9. The van der Waals surface area contributed by atoms with Crippen LogP contribution in [0.3, 0.4) is 0 Å². The number of hydrazine groups is 1. The van der Waals surface area contributed by atoms with Crippen LogP contribution in [0.4, 0.5) is 5.69 Å². The molecule has 0 bridgehead atoms. The van der Waals surface area contributed by atoms with E-state index < -0.39 is 58.6 Å². The SMILES string of the molecule is COc1ccc([C@@]23C(=O)N(Nc4ccc(Cl)cc4Cl)C(=O)[C@@H]2C[C@@H]2C(=CC[C@@H]4C(=O)N(O)C(=O)[C@@H]42)[C@@H]3c2cc(OC)ccc2O)cc1. The Morgan fingerprint density at radius 1 is 0.872 bits per heavy atom. The summed E-state index contributed by atoms with van der Waals surface area (Å²) in [6, 6.07) is 16.0. The van der Waals surface area contributed by atoms with Crippen molar-refractivity contribution in [3.8, 4) is 17.2 Å². The van der Waals surface area contributed by atoms with E-state index in [-0.39, 0.29) is 34.4 Å². The second-order valence-electron chi connectivity index (χ2n) is 12.1. The van der Waals surface area contributed by atoms with Crippen LogP contribution in [0, 0.1) is 23.7 Å². The van der Waals surface area contributed by atoms with Crippen molar-refractivity contribution in [1.82, 2.24) is 10.1 Å². The quantitative estimate of drug-likeness (QED) is 0.184. The van der Waals surface area contributed by atoms with Crippen LogP contribution in [0.15, 0.2) is 72.3 Å². The Kier molecular flexibility index (Phi) is 7.46. The van der Waals surface area contributed by atoms with Crippen LogP contribution in [0.25, 0.3) is 0 Å². The Labute approximate surface area is 279 Å². The summed E-state index contributed by atoms with van der Waals surface area (Å²) in [5.41, 5.74) is 2.88. The van der Waals surface area contributed by atoms with E-state index in [0.717, 1.165) is 5.01 Å². The number of halogens is 2. The number of imide groups is 2. The molecule has 2 aliphatic heterocycles. The summed E-state index contributed by atoms with van der Waals surface area (Å²) in [5, 5.41) is 23.4. The summed E-state index contributed by atoms with van der Waals surface area (Å²) in [4.78, 5) is 56.1. The van der Waals surface area contributed by atoms with E-state index in [4.69, 9.17) is 32.7 Å². The zero-order valence-electron chi connectivity index (χ0n) is 25.1. The van der Waals surface area contributed by atoms with Crippen molar-refractivity contribution in [1.29, 1.82) is 0 Å². The molecule has 1 saturated carbocycles. The first-order chi connectivity index (χ1) is 22.5. The number of benzene rings is 3. The predicted molar refractivity (Wildman–Crippen MR) is 169 cm³/mol. The number of hydrogen-bond acceptors (Lipinski definition) is 9. The highest BCUT2D eigenvalue weighted by Gasteiger charge is 2.70. The molecule has 0 radical (unpaired) electrons. The Morgan fingerprint density at radius 2 is 1.57 bits per heavy atom. The average Bonchev–Trinajstić information content (AvgIpc) is 3.42. The minimum absolute atomic E-state index is 0.00419.